The minimum atomic E-state index is -0.152. The lowest BCUT2D eigenvalue weighted by molar-refractivity contribution is 0.334. The monoisotopic (exact) mass is 219 g/mol. The molecule has 86 valence electrons. The Morgan fingerprint density at radius 2 is 2.00 bits per heavy atom. The van der Waals surface area contributed by atoms with Crippen molar-refractivity contribution in [3.05, 3.63) is 23.3 Å². The summed E-state index contributed by atoms with van der Waals surface area (Å²) in [5.41, 5.74) is 1.69. The van der Waals surface area contributed by atoms with Crippen LogP contribution < -0.4 is 4.74 Å². The van der Waals surface area contributed by atoms with Crippen LogP contribution in [0, 0.1) is 18.3 Å². The minimum absolute atomic E-state index is 0.0550. The number of ether oxygens (including phenoxy) is 1. The Kier molecular flexibility index (Phi) is 3.44. The maximum absolute atomic E-state index is 10.0. The second-order valence-corrected chi connectivity index (χ2v) is 4.86. The van der Waals surface area contributed by atoms with Crippen molar-refractivity contribution in [3.63, 3.8) is 0 Å². The molecule has 0 fully saturated rings. The predicted molar refractivity (Wildman–Crippen MR) is 62.7 cm³/mol. The fraction of sp³-hybridized carbons (Fsp3) is 0.462. The predicted octanol–water partition coefficient (Wildman–Crippen LogP) is 2.90. The van der Waals surface area contributed by atoms with Gasteiger partial charge in [-0.05, 0) is 24.0 Å². The Bertz CT molecular complexity index is 425. The second kappa shape index (κ2) is 4.44. The number of rotatable bonds is 2. The first kappa shape index (κ1) is 12.4. The fourth-order valence-corrected chi connectivity index (χ4v) is 1.54. The number of benzene rings is 1. The first-order chi connectivity index (χ1) is 7.36. The van der Waals surface area contributed by atoms with E-state index in [0.717, 1.165) is 11.1 Å². The van der Waals surface area contributed by atoms with E-state index in [1.165, 1.54) is 0 Å². The summed E-state index contributed by atoms with van der Waals surface area (Å²) in [6.07, 6.45) is 0. The van der Waals surface area contributed by atoms with Gasteiger partial charge in [0.15, 0.2) is 18.1 Å². The summed E-state index contributed by atoms with van der Waals surface area (Å²) in [4.78, 5) is 0. The summed E-state index contributed by atoms with van der Waals surface area (Å²) in [7, 11) is 0. The zero-order chi connectivity index (χ0) is 12.3. The highest BCUT2D eigenvalue weighted by Crippen LogP contribution is 2.38. The third-order valence-electron chi connectivity index (χ3n) is 2.32. The van der Waals surface area contributed by atoms with E-state index in [0.29, 0.717) is 5.75 Å². The lowest BCUT2D eigenvalue weighted by Crippen LogP contribution is -2.12. The number of phenols is 1. The molecular formula is C13H17NO2. The Morgan fingerprint density at radius 1 is 1.38 bits per heavy atom. The molecule has 1 aromatic carbocycles. The highest BCUT2D eigenvalue weighted by Gasteiger charge is 2.21. The third kappa shape index (κ3) is 2.66. The van der Waals surface area contributed by atoms with Crippen LogP contribution in [0.4, 0.5) is 0 Å². The highest BCUT2D eigenvalue weighted by atomic mass is 16.5. The summed E-state index contributed by atoms with van der Waals surface area (Å²) in [6.45, 7) is 7.95. The SMILES string of the molecule is Cc1cc(OCC#N)c(O)c(C(C)(C)C)c1. The van der Waals surface area contributed by atoms with Crippen LogP contribution in [-0.4, -0.2) is 11.7 Å². The molecule has 0 aliphatic heterocycles. The molecule has 0 aliphatic rings. The van der Waals surface area contributed by atoms with Gasteiger partial charge in [0.25, 0.3) is 0 Å². The number of hydrogen-bond acceptors (Lipinski definition) is 3. The zero-order valence-corrected chi connectivity index (χ0v) is 10.2. The van der Waals surface area contributed by atoms with Crippen molar-refractivity contribution < 1.29 is 9.84 Å². The fourth-order valence-electron chi connectivity index (χ4n) is 1.54. The number of nitriles is 1. The van der Waals surface area contributed by atoms with Gasteiger partial charge >= 0.3 is 0 Å². The molecule has 16 heavy (non-hydrogen) atoms. The molecule has 0 amide bonds. The molecule has 3 nitrogen and oxygen atoms in total. The molecule has 3 heteroatoms. The van der Waals surface area contributed by atoms with Gasteiger partial charge in [-0.15, -0.1) is 0 Å². The van der Waals surface area contributed by atoms with Crippen molar-refractivity contribution in [3.8, 4) is 17.6 Å². The van der Waals surface area contributed by atoms with Gasteiger partial charge in [-0.3, -0.25) is 0 Å². The third-order valence-corrected chi connectivity index (χ3v) is 2.32. The normalized spacial score (nSPS) is 10.9. The van der Waals surface area contributed by atoms with Crippen molar-refractivity contribution in [1.29, 1.82) is 5.26 Å². The van der Waals surface area contributed by atoms with E-state index < -0.39 is 0 Å². The maximum Gasteiger partial charge on any atom is 0.174 e. The lowest BCUT2D eigenvalue weighted by atomic mass is 9.85. The molecule has 1 aromatic rings. The average Bonchev–Trinajstić information content (AvgIpc) is 2.17. The number of phenolic OH excluding ortho intramolecular Hbond substituents is 1. The number of nitrogens with zero attached hydrogens (tertiary/aromatic N) is 1. The minimum Gasteiger partial charge on any atom is -0.504 e. The maximum atomic E-state index is 10.0. The summed E-state index contributed by atoms with van der Waals surface area (Å²) in [5.74, 6) is 0.514. The molecule has 1 N–H and O–H groups in total. The molecule has 0 bridgehead atoms. The molecule has 0 radical (unpaired) electrons. The first-order valence-corrected chi connectivity index (χ1v) is 5.20. The topological polar surface area (TPSA) is 53.2 Å². The Labute approximate surface area is 96.3 Å². The molecule has 0 unspecified atom stereocenters. The van der Waals surface area contributed by atoms with E-state index >= 15 is 0 Å². The van der Waals surface area contributed by atoms with Gasteiger partial charge < -0.3 is 9.84 Å². The molecule has 0 saturated heterocycles. The van der Waals surface area contributed by atoms with Crippen LogP contribution in [-0.2, 0) is 5.41 Å². The Morgan fingerprint density at radius 3 is 2.50 bits per heavy atom. The average molecular weight is 219 g/mol. The van der Waals surface area contributed by atoms with Crippen LogP contribution in [0.15, 0.2) is 12.1 Å². The molecule has 0 aromatic heterocycles. The van der Waals surface area contributed by atoms with Gasteiger partial charge in [-0.2, -0.15) is 5.26 Å². The van der Waals surface area contributed by atoms with Crippen LogP contribution in [0.25, 0.3) is 0 Å². The molecular weight excluding hydrogens is 202 g/mol. The van der Waals surface area contributed by atoms with Crippen molar-refractivity contribution in [2.45, 2.75) is 33.1 Å². The van der Waals surface area contributed by atoms with Crippen LogP contribution in [0.1, 0.15) is 31.9 Å². The number of aromatic hydroxyl groups is 1. The molecule has 0 saturated carbocycles. The van der Waals surface area contributed by atoms with E-state index in [1.807, 2.05) is 39.8 Å². The highest BCUT2D eigenvalue weighted by molar-refractivity contribution is 5.51. The van der Waals surface area contributed by atoms with Gasteiger partial charge in [0.1, 0.15) is 6.07 Å². The molecule has 0 aliphatic carbocycles. The lowest BCUT2D eigenvalue weighted by Gasteiger charge is -2.22. The number of aryl methyl sites for hydroxylation is 1. The van der Waals surface area contributed by atoms with Crippen LogP contribution in [0.5, 0.6) is 11.5 Å². The Hall–Kier alpha value is -1.69. The summed E-state index contributed by atoms with van der Waals surface area (Å²) in [5, 5.41) is 18.5. The second-order valence-electron chi connectivity index (χ2n) is 4.86. The summed E-state index contributed by atoms with van der Waals surface area (Å²) < 4.78 is 5.19. The van der Waals surface area contributed by atoms with Gasteiger partial charge in [0.05, 0.1) is 0 Å². The van der Waals surface area contributed by atoms with Crippen LogP contribution in [0.2, 0.25) is 0 Å². The molecule has 0 heterocycles. The van der Waals surface area contributed by atoms with Crippen LogP contribution >= 0.6 is 0 Å². The number of hydrogen-bond donors (Lipinski definition) is 1. The summed E-state index contributed by atoms with van der Waals surface area (Å²) >= 11 is 0. The van der Waals surface area contributed by atoms with Crippen molar-refractivity contribution in [2.24, 2.45) is 0 Å². The molecule has 0 spiro atoms. The smallest absolute Gasteiger partial charge is 0.174 e. The zero-order valence-electron chi connectivity index (χ0n) is 10.2. The quantitative estimate of drug-likeness (QED) is 0.832. The first-order valence-electron chi connectivity index (χ1n) is 5.20. The van der Waals surface area contributed by atoms with Crippen molar-refractivity contribution >= 4 is 0 Å². The van der Waals surface area contributed by atoms with Crippen molar-refractivity contribution in [1.82, 2.24) is 0 Å². The van der Waals surface area contributed by atoms with Gasteiger partial charge in [-0.1, -0.05) is 26.8 Å². The Balaban J connectivity index is 3.22. The van der Waals surface area contributed by atoms with E-state index in [2.05, 4.69) is 0 Å². The molecule has 1 rings (SSSR count). The largest absolute Gasteiger partial charge is 0.504 e. The van der Waals surface area contributed by atoms with Crippen LogP contribution in [0.3, 0.4) is 0 Å². The van der Waals surface area contributed by atoms with Gasteiger partial charge in [-0.25, -0.2) is 0 Å². The van der Waals surface area contributed by atoms with Gasteiger partial charge in [0.2, 0.25) is 0 Å². The molecule has 0 atom stereocenters. The van der Waals surface area contributed by atoms with E-state index in [-0.39, 0.29) is 17.8 Å². The standard InChI is InChI=1S/C13H17NO2/c1-9-7-10(13(2,3)4)12(15)11(8-9)16-6-5-14/h7-8,15H,6H2,1-4H3. The van der Waals surface area contributed by atoms with E-state index in [4.69, 9.17) is 10.00 Å². The van der Waals surface area contributed by atoms with E-state index in [1.54, 1.807) is 6.07 Å². The van der Waals surface area contributed by atoms with E-state index in [9.17, 15) is 5.11 Å². The summed E-state index contributed by atoms with van der Waals surface area (Å²) in [6, 6.07) is 5.56. The van der Waals surface area contributed by atoms with Crippen molar-refractivity contribution in [2.75, 3.05) is 6.61 Å². The van der Waals surface area contributed by atoms with Gasteiger partial charge in [0, 0.05) is 5.56 Å².